The largest absolute Gasteiger partial charge is 0.333 e. The summed E-state index contributed by atoms with van der Waals surface area (Å²) in [6, 6.07) is -0.582. The summed E-state index contributed by atoms with van der Waals surface area (Å²) >= 11 is 8.18. The summed E-state index contributed by atoms with van der Waals surface area (Å²) in [4.78, 5) is 21.3. The molecule has 6 heteroatoms. The van der Waals surface area contributed by atoms with Gasteiger partial charge in [-0.3, -0.25) is 10.1 Å². The fourth-order valence-corrected chi connectivity index (χ4v) is 0.587. The predicted octanol–water partition coefficient (Wildman–Crippen LogP) is 0.960. The molecular formula is C6H8BrClN2O2. The number of urea groups is 1. The van der Waals surface area contributed by atoms with Gasteiger partial charge in [0.05, 0.1) is 6.54 Å². The number of carbonyl (C=O) groups excluding carboxylic acids is 2. The molecule has 0 spiro atoms. The second-order valence-electron chi connectivity index (χ2n) is 1.88. The first kappa shape index (κ1) is 11.4. The molecule has 0 aliphatic heterocycles. The van der Waals surface area contributed by atoms with Gasteiger partial charge >= 0.3 is 6.03 Å². The molecule has 68 valence electrons. The van der Waals surface area contributed by atoms with Crippen LogP contribution < -0.4 is 10.6 Å². The fourth-order valence-electron chi connectivity index (χ4n) is 0.380. The maximum atomic E-state index is 10.8. The Morgan fingerprint density at radius 1 is 1.50 bits per heavy atom. The molecule has 0 radical (unpaired) electrons. The first-order valence-corrected chi connectivity index (χ1v) is 4.36. The van der Waals surface area contributed by atoms with Crippen LogP contribution in [-0.4, -0.2) is 24.4 Å². The highest BCUT2D eigenvalue weighted by atomic mass is 79.9. The zero-order valence-corrected chi connectivity index (χ0v) is 8.54. The number of carbonyl (C=O) groups is 2. The molecule has 0 aliphatic rings. The highest BCUT2D eigenvalue weighted by Gasteiger charge is 2.04. The van der Waals surface area contributed by atoms with Gasteiger partial charge in [-0.2, -0.15) is 0 Å². The molecule has 0 atom stereocenters. The molecule has 4 nitrogen and oxygen atoms in total. The lowest BCUT2D eigenvalue weighted by Crippen LogP contribution is -2.40. The van der Waals surface area contributed by atoms with E-state index in [0.29, 0.717) is 4.48 Å². The van der Waals surface area contributed by atoms with Gasteiger partial charge in [0.25, 0.3) is 0 Å². The zero-order valence-electron chi connectivity index (χ0n) is 6.19. The molecule has 0 rings (SSSR count). The molecule has 12 heavy (non-hydrogen) atoms. The van der Waals surface area contributed by atoms with Gasteiger partial charge in [0.15, 0.2) is 0 Å². The van der Waals surface area contributed by atoms with Crippen molar-refractivity contribution in [2.24, 2.45) is 0 Å². The second kappa shape index (κ2) is 6.02. The van der Waals surface area contributed by atoms with Gasteiger partial charge < -0.3 is 5.32 Å². The quantitative estimate of drug-likeness (QED) is 0.738. The topological polar surface area (TPSA) is 58.2 Å². The second-order valence-corrected chi connectivity index (χ2v) is 3.27. The van der Waals surface area contributed by atoms with E-state index in [9.17, 15) is 9.59 Å². The lowest BCUT2D eigenvalue weighted by atomic mass is 10.6. The van der Waals surface area contributed by atoms with Crippen LogP contribution in [0.2, 0.25) is 0 Å². The maximum absolute atomic E-state index is 10.8. The van der Waals surface area contributed by atoms with Crippen LogP contribution >= 0.6 is 27.5 Å². The van der Waals surface area contributed by atoms with Crippen molar-refractivity contribution >= 4 is 39.5 Å². The van der Waals surface area contributed by atoms with Crippen molar-refractivity contribution in [3.05, 3.63) is 11.1 Å². The molecule has 0 aliphatic carbocycles. The van der Waals surface area contributed by atoms with E-state index in [1.54, 1.807) is 0 Å². The van der Waals surface area contributed by atoms with Crippen molar-refractivity contribution in [2.75, 3.05) is 12.4 Å². The number of nitrogens with one attached hydrogen (secondary N) is 2. The van der Waals surface area contributed by atoms with E-state index in [1.165, 1.54) is 0 Å². The summed E-state index contributed by atoms with van der Waals surface area (Å²) < 4.78 is 0.621. The Hall–Kier alpha value is -0.550. The molecule has 3 amide bonds. The van der Waals surface area contributed by atoms with Gasteiger partial charge in [-0.15, -0.1) is 11.6 Å². The zero-order chi connectivity index (χ0) is 9.56. The average molecular weight is 255 g/mol. The monoisotopic (exact) mass is 254 g/mol. The SMILES string of the molecule is C=C(Br)CNC(=O)NC(=O)CCl. The summed E-state index contributed by atoms with van der Waals surface area (Å²) in [6.07, 6.45) is 0. The van der Waals surface area contributed by atoms with Crippen molar-refractivity contribution < 1.29 is 9.59 Å². The minimum atomic E-state index is -0.582. The molecule has 0 saturated carbocycles. The number of hydrogen-bond donors (Lipinski definition) is 2. The van der Waals surface area contributed by atoms with Crippen molar-refractivity contribution in [1.82, 2.24) is 10.6 Å². The van der Waals surface area contributed by atoms with E-state index < -0.39 is 11.9 Å². The summed E-state index contributed by atoms with van der Waals surface area (Å²) in [5, 5.41) is 4.37. The Labute approximate surface area is 83.5 Å². The van der Waals surface area contributed by atoms with E-state index in [-0.39, 0.29) is 12.4 Å². The van der Waals surface area contributed by atoms with Gasteiger partial charge in [0, 0.05) is 4.48 Å². The van der Waals surface area contributed by atoms with Crippen LogP contribution in [0.15, 0.2) is 11.1 Å². The molecular weight excluding hydrogens is 247 g/mol. The van der Waals surface area contributed by atoms with Gasteiger partial charge in [-0.05, 0) is 0 Å². The van der Waals surface area contributed by atoms with Gasteiger partial charge in [-0.25, -0.2) is 4.79 Å². The van der Waals surface area contributed by atoms with Crippen molar-refractivity contribution in [2.45, 2.75) is 0 Å². The van der Waals surface area contributed by atoms with Crippen LogP contribution in [0.3, 0.4) is 0 Å². The standard InChI is InChI=1S/C6H8BrClN2O2/c1-4(7)3-9-6(12)10-5(11)2-8/h1-3H2,(H2,9,10,11,12). The average Bonchev–Trinajstić information content (AvgIpc) is 2.00. The Bertz CT molecular complexity index is 208. The molecule has 0 aromatic heterocycles. The van der Waals surface area contributed by atoms with Gasteiger partial charge in [0.1, 0.15) is 5.88 Å². The highest BCUT2D eigenvalue weighted by molar-refractivity contribution is 9.11. The van der Waals surface area contributed by atoms with Crippen molar-refractivity contribution in [3.8, 4) is 0 Å². The smallest absolute Gasteiger partial charge is 0.321 e. The molecule has 0 saturated heterocycles. The predicted molar refractivity (Wildman–Crippen MR) is 50.3 cm³/mol. The number of imide groups is 1. The highest BCUT2D eigenvalue weighted by Crippen LogP contribution is 1.95. The summed E-state index contributed by atoms with van der Waals surface area (Å²) in [5.41, 5.74) is 0. The molecule has 0 fully saturated rings. The Morgan fingerprint density at radius 3 is 2.50 bits per heavy atom. The molecule has 0 bridgehead atoms. The first-order valence-electron chi connectivity index (χ1n) is 3.03. The minimum Gasteiger partial charge on any atom is -0.333 e. The normalized spacial score (nSPS) is 8.83. The Kier molecular flexibility index (Phi) is 5.74. The number of hydrogen-bond acceptors (Lipinski definition) is 2. The number of halogens is 2. The third-order valence-electron chi connectivity index (χ3n) is 0.815. The maximum Gasteiger partial charge on any atom is 0.321 e. The van der Waals surface area contributed by atoms with Crippen LogP contribution in [0.25, 0.3) is 0 Å². The molecule has 2 N–H and O–H groups in total. The number of rotatable bonds is 3. The lowest BCUT2D eigenvalue weighted by molar-refractivity contribution is -0.117. The van der Waals surface area contributed by atoms with Crippen LogP contribution in [-0.2, 0) is 4.79 Å². The first-order chi connectivity index (χ1) is 5.56. The minimum absolute atomic E-state index is 0.233. The van der Waals surface area contributed by atoms with Crippen LogP contribution in [0.1, 0.15) is 0 Å². The van der Waals surface area contributed by atoms with E-state index in [4.69, 9.17) is 11.6 Å². The van der Waals surface area contributed by atoms with Crippen LogP contribution in [0.5, 0.6) is 0 Å². The summed E-state index contributed by atoms with van der Waals surface area (Å²) in [7, 11) is 0. The third kappa shape index (κ3) is 6.18. The third-order valence-corrected chi connectivity index (χ3v) is 1.34. The van der Waals surface area contributed by atoms with Gasteiger partial charge in [-0.1, -0.05) is 22.5 Å². The van der Waals surface area contributed by atoms with Crippen molar-refractivity contribution in [3.63, 3.8) is 0 Å². The number of alkyl halides is 1. The van der Waals surface area contributed by atoms with Crippen LogP contribution in [0.4, 0.5) is 4.79 Å². The fraction of sp³-hybridized carbons (Fsp3) is 0.333. The summed E-state index contributed by atoms with van der Waals surface area (Å²) in [5.74, 6) is -0.766. The molecule has 0 heterocycles. The van der Waals surface area contributed by atoms with Crippen molar-refractivity contribution in [1.29, 1.82) is 0 Å². The van der Waals surface area contributed by atoms with E-state index in [0.717, 1.165) is 0 Å². The van der Waals surface area contributed by atoms with E-state index >= 15 is 0 Å². The van der Waals surface area contributed by atoms with Crippen LogP contribution in [0, 0.1) is 0 Å². The van der Waals surface area contributed by atoms with Gasteiger partial charge in [0.2, 0.25) is 5.91 Å². The summed E-state index contributed by atoms with van der Waals surface area (Å²) in [6.45, 7) is 3.75. The van der Waals surface area contributed by atoms with E-state index in [2.05, 4.69) is 27.8 Å². The molecule has 0 aromatic rings. The Balaban J connectivity index is 3.60. The van der Waals surface area contributed by atoms with E-state index in [1.807, 2.05) is 5.32 Å². The lowest BCUT2D eigenvalue weighted by Gasteiger charge is -2.03. The number of amides is 3. The Morgan fingerprint density at radius 2 is 2.08 bits per heavy atom. The molecule has 0 aromatic carbocycles. The molecule has 0 unspecified atom stereocenters.